The van der Waals surface area contributed by atoms with E-state index in [1.165, 1.54) is 4.90 Å². The van der Waals surface area contributed by atoms with Crippen LogP contribution in [0.2, 0.25) is 5.02 Å². The lowest BCUT2D eigenvalue weighted by atomic mass is 10.1. The summed E-state index contributed by atoms with van der Waals surface area (Å²) < 4.78 is 26.3. The van der Waals surface area contributed by atoms with E-state index in [1.54, 1.807) is 43.3 Å². The number of nitrogens with zero attached hydrogens (tertiary/aromatic N) is 2. The summed E-state index contributed by atoms with van der Waals surface area (Å²) in [5, 5.41) is 3.36. The first-order chi connectivity index (χ1) is 15.4. The van der Waals surface area contributed by atoms with Gasteiger partial charge in [-0.15, -0.1) is 0 Å². The number of hydrogen-bond acceptors (Lipinski definition) is 4. The molecule has 2 amide bonds. The number of amides is 2. The molecule has 0 spiro atoms. The Kier molecular flexibility index (Phi) is 9.31. The number of aryl methyl sites for hydroxylation is 2. The summed E-state index contributed by atoms with van der Waals surface area (Å²) in [6, 6.07) is 11.4. The molecular formula is C24H32ClN3O4S. The van der Waals surface area contributed by atoms with Gasteiger partial charge in [0.2, 0.25) is 21.8 Å². The molecule has 0 aliphatic carbocycles. The number of halogens is 1. The third-order valence-electron chi connectivity index (χ3n) is 5.44. The lowest BCUT2D eigenvalue weighted by Gasteiger charge is -2.31. The van der Waals surface area contributed by atoms with Crippen LogP contribution in [0.1, 0.15) is 37.0 Å². The zero-order chi connectivity index (χ0) is 24.8. The van der Waals surface area contributed by atoms with E-state index in [4.69, 9.17) is 11.6 Å². The van der Waals surface area contributed by atoms with E-state index in [9.17, 15) is 18.0 Å². The highest BCUT2D eigenvalue weighted by atomic mass is 35.5. The van der Waals surface area contributed by atoms with Crippen LogP contribution in [-0.4, -0.2) is 50.5 Å². The van der Waals surface area contributed by atoms with Crippen LogP contribution in [0, 0.1) is 13.8 Å². The van der Waals surface area contributed by atoms with Crippen molar-refractivity contribution in [2.24, 2.45) is 0 Å². The predicted molar refractivity (Wildman–Crippen MR) is 133 cm³/mol. The van der Waals surface area contributed by atoms with Crippen LogP contribution < -0.4 is 9.62 Å². The number of sulfonamides is 1. The maximum absolute atomic E-state index is 13.4. The van der Waals surface area contributed by atoms with Crippen LogP contribution in [0.5, 0.6) is 0 Å². The lowest BCUT2D eigenvalue weighted by molar-refractivity contribution is -0.139. The summed E-state index contributed by atoms with van der Waals surface area (Å²) in [6.45, 7) is 7.61. The Morgan fingerprint density at radius 3 is 2.24 bits per heavy atom. The van der Waals surface area contributed by atoms with E-state index in [0.29, 0.717) is 17.3 Å². The Labute approximate surface area is 201 Å². The van der Waals surface area contributed by atoms with Gasteiger partial charge in [0, 0.05) is 18.1 Å². The molecule has 1 N–H and O–H groups in total. The zero-order valence-electron chi connectivity index (χ0n) is 19.8. The van der Waals surface area contributed by atoms with Crippen LogP contribution in [0.15, 0.2) is 42.5 Å². The van der Waals surface area contributed by atoms with Gasteiger partial charge < -0.3 is 10.2 Å². The van der Waals surface area contributed by atoms with E-state index < -0.39 is 28.5 Å². The van der Waals surface area contributed by atoms with Crippen molar-refractivity contribution in [3.05, 3.63) is 64.2 Å². The van der Waals surface area contributed by atoms with Gasteiger partial charge in [-0.05, 0) is 68.1 Å². The molecule has 0 aliphatic heterocycles. The molecule has 0 aromatic heterocycles. The fourth-order valence-corrected chi connectivity index (χ4v) is 4.23. The van der Waals surface area contributed by atoms with Gasteiger partial charge in [-0.2, -0.15) is 0 Å². The molecule has 0 bridgehead atoms. The minimum atomic E-state index is -3.75. The van der Waals surface area contributed by atoms with Crippen molar-refractivity contribution in [1.82, 2.24) is 10.2 Å². The molecule has 0 fully saturated rings. The predicted octanol–water partition coefficient (Wildman–Crippen LogP) is 3.67. The molecule has 2 rings (SSSR count). The highest BCUT2D eigenvalue weighted by molar-refractivity contribution is 7.92. The Morgan fingerprint density at radius 2 is 1.70 bits per heavy atom. The van der Waals surface area contributed by atoms with Crippen molar-refractivity contribution in [2.45, 2.75) is 46.7 Å². The Bertz CT molecular complexity index is 1090. The van der Waals surface area contributed by atoms with Gasteiger partial charge in [-0.25, -0.2) is 8.42 Å². The summed E-state index contributed by atoms with van der Waals surface area (Å²) in [5.74, 6) is -0.774. The van der Waals surface area contributed by atoms with Gasteiger partial charge in [0.15, 0.2) is 0 Å². The third kappa shape index (κ3) is 7.47. The van der Waals surface area contributed by atoms with Gasteiger partial charge >= 0.3 is 0 Å². The second-order valence-electron chi connectivity index (χ2n) is 8.15. The van der Waals surface area contributed by atoms with Gasteiger partial charge in [0.25, 0.3) is 0 Å². The zero-order valence-corrected chi connectivity index (χ0v) is 21.3. The summed E-state index contributed by atoms with van der Waals surface area (Å²) in [7, 11) is -3.75. The summed E-state index contributed by atoms with van der Waals surface area (Å²) in [4.78, 5) is 27.5. The van der Waals surface area contributed by atoms with Gasteiger partial charge in [-0.3, -0.25) is 13.9 Å². The number of rotatable bonds is 10. The van der Waals surface area contributed by atoms with Gasteiger partial charge in [0.1, 0.15) is 12.6 Å². The average molecular weight is 494 g/mol. The first kappa shape index (κ1) is 26.7. The molecule has 0 radical (unpaired) electrons. The fourth-order valence-electron chi connectivity index (χ4n) is 3.26. The first-order valence-electron chi connectivity index (χ1n) is 10.8. The number of benzene rings is 2. The molecule has 180 valence electrons. The standard InChI is InChI=1S/C24H32ClN3O4S/c1-6-13-26-24(30)19(4)27(15-20-8-10-21(25)11-9-20)23(29)16-28(33(5,31)32)22-12-7-17(2)18(3)14-22/h7-12,14,19H,6,13,15-16H2,1-5H3,(H,26,30)/t19-/m0/s1. The molecule has 0 saturated heterocycles. The third-order valence-corrected chi connectivity index (χ3v) is 6.83. The minimum Gasteiger partial charge on any atom is -0.354 e. The van der Waals surface area contributed by atoms with Crippen LogP contribution in [0.25, 0.3) is 0 Å². The largest absolute Gasteiger partial charge is 0.354 e. The first-order valence-corrected chi connectivity index (χ1v) is 13.0. The van der Waals surface area contributed by atoms with Crippen molar-refractivity contribution in [3.63, 3.8) is 0 Å². The van der Waals surface area contributed by atoms with Gasteiger partial charge in [-0.1, -0.05) is 36.7 Å². The van der Waals surface area contributed by atoms with Gasteiger partial charge in [0.05, 0.1) is 11.9 Å². The molecule has 0 aliphatic rings. The molecule has 2 aromatic carbocycles. The van der Waals surface area contributed by atoms with Crippen molar-refractivity contribution in [3.8, 4) is 0 Å². The van der Waals surface area contributed by atoms with E-state index >= 15 is 0 Å². The van der Waals surface area contributed by atoms with E-state index in [1.807, 2.05) is 26.8 Å². The van der Waals surface area contributed by atoms with E-state index in [-0.39, 0.29) is 12.5 Å². The van der Waals surface area contributed by atoms with Crippen molar-refractivity contribution >= 4 is 39.1 Å². The SMILES string of the molecule is CCCNC(=O)[C@H](C)N(Cc1ccc(Cl)cc1)C(=O)CN(c1ccc(C)c(C)c1)S(C)(=O)=O. The maximum atomic E-state index is 13.4. The monoisotopic (exact) mass is 493 g/mol. The fraction of sp³-hybridized carbons (Fsp3) is 0.417. The summed E-state index contributed by atoms with van der Waals surface area (Å²) >= 11 is 5.97. The molecule has 9 heteroatoms. The number of carbonyl (C=O) groups excluding carboxylic acids is 2. The average Bonchev–Trinajstić information content (AvgIpc) is 2.76. The Morgan fingerprint density at radius 1 is 1.06 bits per heavy atom. The molecule has 0 heterocycles. The van der Waals surface area contributed by atoms with Crippen LogP contribution >= 0.6 is 11.6 Å². The number of anilines is 1. The normalized spacial score (nSPS) is 12.2. The minimum absolute atomic E-state index is 0.140. The second-order valence-corrected chi connectivity index (χ2v) is 10.5. The number of hydrogen-bond donors (Lipinski definition) is 1. The maximum Gasteiger partial charge on any atom is 0.244 e. The quantitative estimate of drug-likeness (QED) is 0.547. The van der Waals surface area contributed by atoms with Crippen molar-refractivity contribution in [2.75, 3.05) is 23.7 Å². The Hall–Kier alpha value is -2.58. The van der Waals surface area contributed by atoms with Crippen LogP contribution in [0.4, 0.5) is 5.69 Å². The van der Waals surface area contributed by atoms with E-state index in [0.717, 1.165) is 33.7 Å². The highest BCUT2D eigenvalue weighted by Gasteiger charge is 2.30. The topological polar surface area (TPSA) is 86.8 Å². The number of nitrogens with one attached hydrogen (secondary N) is 1. The molecular weight excluding hydrogens is 462 g/mol. The molecule has 0 saturated carbocycles. The smallest absolute Gasteiger partial charge is 0.244 e. The van der Waals surface area contributed by atoms with E-state index in [2.05, 4.69) is 5.32 Å². The summed E-state index contributed by atoms with van der Waals surface area (Å²) in [5.41, 5.74) is 3.12. The molecule has 7 nitrogen and oxygen atoms in total. The van der Waals surface area contributed by atoms with Crippen LogP contribution in [-0.2, 0) is 26.2 Å². The molecule has 33 heavy (non-hydrogen) atoms. The number of carbonyl (C=O) groups is 2. The Balaban J connectivity index is 2.38. The van der Waals surface area contributed by atoms with Crippen molar-refractivity contribution < 1.29 is 18.0 Å². The van der Waals surface area contributed by atoms with Crippen molar-refractivity contribution in [1.29, 1.82) is 0 Å². The molecule has 0 unspecified atom stereocenters. The van der Waals surface area contributed by atoms with Crippen LogP contribution in [0.3, 0.4) is 0 Å². The second kappa shape index (κ2) is 11.5. The highest BCUT2D eigenvalue weighted by Crippen LogP contribution is 2.22. The lowest BCUT2D eigenvalue weighted by Crippen LogP contribution is -2.51. The summed E-state index contributed by atoms with van der Waals surface area (Å²) in [6.07, 6.45) is 1.83. The molecule has 2 aromatic rings. The molecule has 1 atom stereocenters.